The Labute approximate surface area is 491 Å². The molecule has 4 heteroatoms. The van der Waals surface area contributed by atoms with Crippen LogP contribution in [-0.4, -0.2) is 9.52 Å². The largest absolute Gasteiger partial charge is 0.164 e. The van der Waals surface area contributed by atoms with Crippen LogP contribution >= 0.6 is 17.0 Å². The molecule has 22 rings (SSSR count). The molecule has 16 fully saturated rings. The summed E-state index contributed by atoms with van der Waals surface area (Å²) < 4.78 is 0. The van der Waals surface area contributed by atoms with Crippen LogP contribution in [0.3, 0.4) is 0 Å². The molecule has 16 aliphatic carbocycles. The van der Waals surface area contributed by atoms with E-state index < -0.39 is 20.8 Å². The van der Waals surface area contributed by atoms with Crippen LogP contribution in [0.1, 0.15) is 176 Å². The van der Waals surface area contributed by atoms with Gasteiger partial charge in [-0.2, -0.15) is 12.1 Å². The Hall–Kier alpha value is -2.22. The molecule has 0 nitrogen and oxygen atoms in total. The van der Waals surface area contributed by atoms with E-state index >= 15 is 0 Å². The third kappa shape index (κ3) is 9.79. The van der Waals surface area contributed by atoms with Crippen LogP contribution in [0.25, 0.3) is 43.8 Å². The van der Waals surface area contributed by atoms with E-state index in [0.29, 0.717) is 21.7 Å². The summed E-state index contributed by atoms with van der Waals surface area (Å²) in [5, 5.41) is 5.88. The second-order valence-electron chi connectivity index (χ2n) is 30.7. The molecule has 0 heterocycles. The number of hydrogen-bond acceptors (Lipinski definition) is 0. The van der Waals surface area contributed by atoms with Gasteiger partial charge in [0.05, 0.1) is 0 Å². The molecule has 16 bridgehead atoms. The van der Waals surface area contributed by atoms with Gasteiger partial charge in [-0.05, 0) is 282 Å². The van der Waals surface area contributed by atoms with Crippen molar-refractivity contribution in [3.63, 3.8) is 0 Å². The van der Waals surface area contributed by atoms with Gasteiger partial charge in [0, 0.05) is 9.52 Å². The molecule has 6 aromatic carbocycles. The van der Waals surface area contributed by atoms with Crippen molar-refractivity contribution >= 4 is 48.1 Å². The molecular weight excluding hydrogens is 1080 g/mol. The van der Waals surface area contributed by atoms with Crippen molar-refractivity contribution in [2.75, 3.05) is 0 Å². The summed E-state index contributed by atoms with van der Waals surface area (Å²) in [4.78, 5) is 0. The first-order valence-corrected chi connectivity index (χ1v) is 40.5. The third-order valence-corrected chi connectivity index (χ3v) is 24.8. The Morgan fingerprint density at radius 2 is 0.654 bits per heavy atom. The average Bonchev–Trinajstić information content (AvgIpc) is 4.15. The Kier molecular flexibility index (Phi) is 14.0. The summed E-state index contributed by atoms with van der Waals surface area (Å²) in [5.41, 5.74) is 14.5. The van der Waals surface area contributed by atoms with Gasteiger partial charge in [0.2, 0.25) is 0 Å². The molecule has 0 unspecified atom stereocenters. The van der Waals surface area contributed by atoms with Gasteiger partial charge in [0.15, 0.2) is 0 Å². The fraction of sp³-hybridized carbons (Fsp3) is 0.595. The zero-order valence-corrected chi connectivity index (χ0v) is 52.4. The molecule has 2 radical (unpaired) electrons. The third-order valence-electron chi connectivity index (χ3n) is 24.8. The molecule has 406 valence electrons. The quantitative estimate of drug-likeness (QED) is 0.105. The first kappa shape index (κ1) is 52.6. The van der Waals surface area contributed by atoms with Gasteiger partial charge >= 0.3 is 37.9 Å². The van der Waals surface area contributed by atoms with Crippen LogP contribution in [0, 0.1) is 81.8 Å². The molecule has 16 aliphatic rings. The Balaban J connectivity index is 0.000000124. The molecule has 6 aromatic rings. The normalized spacial score (nSPS) is 39.1. The van der Waals surface area contributed by atoms with Crippen LogP contribution in [-0.2, 0) is 44.5 Å². The fourth-order valence-electron chi connectivity index (χ4n) is 24.1. The minimum absolute atomic E-state index is 0.505. The van der Waals surface area contributed by atoms with Crippen LogP contribution < -0.4 is 0 Å². The SMILES string of the molecule is C[Si]C.[Cl][Zr+2][Cl].c1cc(-c2ccc(C34CC5CC(CC(C5)C3)C4)cc2)c2cc(CC34CC5CC(CC(C5)C3)C4)[cH-]c2c1.c1cc(-c2ccc(C34CC5CC(CC(C5)C3)C4)cc2)c2cc(CC34CC5CC(CC(C5)C3)C4)[cH-]c2c1. The van der Waals surface area contributed by atoms with Gasteiger partial charge in [0.1, 0.15) is 0 Å². The van der Waals surface area contributed by atoms with Gasteiger partial charge < -0.3 is 0 Å². The monoisotopic (exact) mass is 1160 g/mol. The van der Waals surface area contributed by atoms with E-state index in [2.05, 4.69) is 122 Å². The number of fused-ring (bicyclic) bond motifs is 2. The molecular formula is C74H88Cl2SiZr. The van der Waals surface area contributed by atoms with Gasteiger partial charge in [-0.15, -0.1) is 69.1 Å². The second kappa shape index (κ2) is 20.8. The Morgan fingerprint density at radius 3 is 0.923 bits per heavy atom. The number of halogens is 2. The van der Waals surface area contributed by atoms with Crippen molar-refractivity contribution in [2.45, 2.75) is 191 Å². The van der Waals surface area contributed by atoms with Crippen LogP contribution in [0.15, 0.2) is 109 Å². The van der Waals surface area contributed by atoms with E-state index in [1.807, 2.05) is 0 Å². The standard InChI is InChI=1S/2C36H41.C2H6Si.2ClH.Zr/c2*1-2-31-14-29(19-35-16-23-8-24(17-35)10-25(9-23)18-35)15-34(31)33(3-1)30-4-6-32(7-5-30)36-20-26-11-27(21-36)13-28(12-26)22-36;1-3-2;;;/h2*1-7,14-15,23-28H,8-13,16-22H2;1-2H3;2*1H;/q2*-1;;;;+4/p-2. The maximum atomic E-state index is 4.93. The van der Waals surface area contributed by atoms with Crippen LogP contribution in [0.2, 0.25) is 13.1 Å². The van der Waals surface area contributed by atoms with E-state index in [0.717, 1.165) is 80.5 Å². The zero-order valence-electron chi connectivity index (χ0n) is 47.5. The maximum absolute atomic E-state index is 4.93. The molecule has 0 atom stereocenters. The summed E-state index contributed by atoms with van der Waals surface area (Å²) >= 11 is -0.826. The van der Waals surface area contributed by atoms with Crippen molar-refractivity contribution in [2.24, 2.45) is 81.8 Å². The van der Waals surface area contributed by atoms with E-state index in [1.165, 1.54) is 172 Å². The molecule has 78 heavy (non-hydrogen) atoms. The van der Waals surface area contributed by atoms with Crippen molar-refractivity contribution < 1.29 is 20.8 Å². The molecule has 0 amide bonds. The summed E-state index contributed by atoms with van der Waals surface area (Å²) in [6, 6.07) is 44.3. The summed E-state index contributed by atoms with van der Waals surface area (Å²) in [6.45, 7) is 4.31. The van der Waals surface area contributed by atoms with E-state index in [4.69, 9.17) is 17.0 Å². The Bertz CT molecular complexity index is 2760. The van der Waals surface area contributed by atoms with E-state index in [-0.39, 0.29) is 0 Å². The van der Waals surface area contributed by atoms with E-state index in [9.17, 15) is 0 Å². The first-order valence-electron chi connectivity index (χ1n) is 32.2. The predicted molar refractivity (Wildman–Crippen MR) is 327 cm³/mol. The average molecular weight is 1170 g/mol. The van der Waals surface area contributed by atoms with Crippen molar-refractivity contribution in [1.82, 2.24) is 0 Å². The van der Waals surface area contributed by atoms with Crippen LogP contribution in [0.4, 0.5) is 0 Å². The second-order valence-corrected chi connectivity index (χ2v) is 35.4. The summed E-state index contributed by atoms with van der Waals surface area (Å²) in [6.07, 6.45) is 39.0. The number of rotatable bonds is 8. The number of hydrogen-bond donors (Lipinski definition) is 0. The van der Waals surface area contributed by atoms with Crippen molar-refractivity contribution in [3.05, 3.63) is 131 Å². The minimum atomic E-state index is -0.826. The topological polar surface area (TPSA) is 0 Å². The maximum Gasteiger partial charge on any atom is -0.00391 e. The van der Waals surface area contributed by atoms with Crippen LogP contribution in [0.5, 0.6) is 0 Å². The molecule has 0 aromatic heterocycles. The van der Waals surface area contributed by atoms with Crippen molar-refractivity contribution in [1.29, 1.82) is 0 Å². The molecule has 0 aliphatic heterocycles. The predicted octanol–water partition coefficient (Wildman–Crippen LogP) is 21.1. The van der Waals surface area contributed by atoms with Gasteiger partial charge in [-0.25, -0.2) is 0 Å². The summed E-state index contributed by atoms with van der Waals surface area (Å²) in [7, 11) is 11.0. The molecule has 0 spiro atoms. The van der Waals surface area contributed by atoms with E-state index in [1.54, 1.807) is 60.8 Å². The smallest absolute Gasteiger partial charge is 0.00391 e. The molecule has 16 saturated carbocycles. The molecule has 0 saturated heterocycles. The number of benzene rings is 4. The fourth-order valence-corrected chi connectivity index (χ4v) is 24.1. The Morgan fingerprint density at radius 1 is 0.397 bits per heavy atom. The molecule has 0 N–H and O–H groups in total. The summed E-state index contributed by atoms with van der Waals surface area (Å²) in [5.74, 6) is 12.4. The van der Waals surface area contributed by atoms with Gasteiger partial charge in [-0.3, -0.25) is 0 Å². The van der Waals surface area contributed by atoms with Gasteiger partial charge in [-0.1, -0.05) is 84.9 Å². The van der Waals surface area contributed by atoms with Gasteiger partial charge in [0.25, 0.3) is 0 Å². The first-order chi connectivity index (χ1) is 38.0. The minimum Gasteiger partial charge on any atom is -0.164 e. The zero-order chi connectivity index (χ0) is 52.4. The van der Waals surface area contributed by atoms with Crippen molar-refractivity contribution in [3.8, 4) is 22.3 Å².